The first-order valence-electron chi connectivity index (χ1n) is 11.1. The van der Waals surface area contributed by atoms with Gasteiger partial charge in [0.05, 0.1) is 18.6 Å². The molecule has 0 saturated carbocycles. The smallest absolute Gasteiger partial charge is 0.250 e. The summed E-state index contributed by atoms with van der Waals surface area (Å²) in [5.41, 5.74) is 6.07. The second kappa shape index (κ2) is 11.7. The van der Waals surface area contributed by atoms with Gasteiger partial charge in [0, 0.05) is 16.3 Å². The van der Waals surface area contributed by atoms with Gasteiger partial charge in [0.15, 0.2) is 22.5 Å². The molecule has 1 heterocycles. The molecule has 0 atom stereocenters. The number of nitrogens with zero attached hydrogens (tertiary/aromatic N) is 4. The third-order valence-electron chi connectivity index (χ3n) is 5.05. The maximum Gasteiger partial charge on any atom is 0.250 e. The number of carbonyl (C=O) groups excluding carboxylic acids is 1. The third kappa shape index (κ3) is 6.24. The highest BCUT2D eigenvalue weighted by molar-refractivity contribution is 7.99. The number of hydrazone groups is 1. The van der Waals surface area contributed by atoms with E-state index in [9.17, 15) is 9.90 Å². The van der Waals surface area contributed by atoms with Gasteiger partial charge in [-0.2, -0.15) is 5.10 Å². The Balaban J connectivity index is 1.47. The number of ether oxygens (including phenoxy) is 1. The molecule has 4 aromatic rings. The molecule has 0 aliphatic rings. The van der Waals surface area contributed by atoms with Crippen LogP contribution in [0.2, 0.25) is 5.02 Å². The Kier molecular flexibility index (Phi) is 8.24. The van der Waals surface area contributed by atoms with Crippen molar-refractivity contribution >= 4 is 35.5 Å². The maximum absolute atomic E-state index is 12.5. The number of benzene rings is 3. The summed E-state index contributed by atoms with van der Waals surface area (Å²) in [4.78, 5) is 12.5. The lowest BCUT2D eigenvalue weighted by Gasteiger charge is -2.10. The number of aromatic nitrogens is 3. The van der Waals surface area contributed by atoms with E-state index in [2.05, 4.69) is 20.7 Å². The van der Waals surface area contributed by atoms with Crippen molar-refractivity contribution in [1.82, 2.24) is 20.2 Å². The van der Waals surface area contributed by atoms with Gasteiger partial charge in [0.2, 0.25) is 0 Å². The van der Waals surface area contributed by atoms with Crippen LogP contribution in [0.25, 0.3) is 17.1 Å². The molecule has 1 amide bonds. The van der Waals surface area contributed by atoms with Crippen LogP contribution < -0.4 is 10.2 Å². The van der Waals surface area contributed by atoms with E-state index < -0.39 is 0 Å². The normalized spacial score (nSPS) is 11.1. The lowest BCUT2D eigenvalue weighted by molar-refractivity contribution is -0.118. The molecular weight excluding hydrogens is 498 g/mol. The van der Waals surface area contributed by atoms with Gasteiger partial charge in [-0.15, -0.1) is 10.2 Å². The minimum atomic E-state index is -0.303. The molecule has 0 aliphatic heterocycles. The van der Waals surface area contributed by atoms with Gasteiger partial charge in [-0.1, -0.05) is 53.2 Å². The fourth-order valence-electron chi connectivity index (χ4n) is 3.30. The van der Waals surface area contributed by atoms with Crippen LogP contribution in [0.3, 0.4) is 0 Å². The Hall–Kier alpha value is -3.82. The minimum Gasteiger partial charge on any atom is -0.504 e. The first kappa shape index (κ1) is 25.3. The molecule has 36 heavy (non-hydrogen) atoms. The van der Waals surface area contributed by atoms with E-state index in [4.69, 9.17) is 16.3 Å². The quantitative estimate of drug-likeness (QED) is 0.177. The molecule has 2 N–H and O–H groups in total. The van der Waals surface area contributed by atoms with E-state index in [0.717, 1.165) is 16.8 Å². The summed E-state index contributed by atoms with van der Waals surface area (Å²) >= 11 is 7.33. The number of aromatic hydroxyl groups is 1. The molecule has 0 fully saturated rings. The molecule has 1 aromatic heterocycles. The molecular formula is C26H24ClN5O3S. The monoisotopic (exact) mass is 521 g/mol. The summed E-state index contributed by atoms with van der Waals surface area (Å²) in [5, 5.41) is 23.7. The van der Waals surface area contributed by atoms with E-state index in [0.29, 0.717) is 33.9 Å². The summed E-state index contributed by atoms with van der Waals surface area (Å²) in [7, 11) is 0. The van der Waals surface area contributed by atoms with Gasteiger partial charge in [-0.3, -0.25) is 9.36 Å². The van der Waals surface area contributed by atoms with Crippen LogP contribution in [0.15, 0.2) is 77.0 Å². The molecule has 0 bridgehead atoms. The highest BCUT2D eigenvalue weighted by Gasteiger charge is 2.17. The number of phenolic OH excluding ortho intramolecular Hbond substituents is 1. The summed E-state index contributed by atoms with van der Waals surface area (Å²) < 4.78 is 7.26. The van der Waals surface area contributed by atoms with Crippen molar-refractivity contribution in [3.63, 3.8) is 0 Å². The zero-order valence-electron chi connectivity index (χ0n) is 19.7. The van der Waals surface area contributed by atoms with Crippen LogP contribution in [-0.4, -0.2) is 44.4 Å². The van der Waals surface area contributed by atoms with Gasteiger partial charge >= 0.3 is 0 Å². The number of nitrogens with one attached hydrogen (secondary N) is 1. The summed E-state index contributed by atoms with van der Waals surface area (Å²) in [6.07, 6.45) is 1.48. The molecule has 0 radical (unpaired) electrons. The number of carbonyl (C=O) groups is 1. The molecule has 8 nitrogen and oxygen atoms in total. The highest BCUT2D eigenvalue weighted by Crippen LogP contribution is 2.29. The Morgan fingerprint density at radius 2 is 1.89 bits per heavy atom. The molecule has 0 aliphatic carbocycles. The standard InChI is InChI=1S/C26H24ClN5O3S/c1-3-35-23-14-18(6-13-22(23)33)15-28-29-24(34)16-36-26-31-30-25(19-7-4-17(2)5-8-19)32(26)21-11-9-20(27)10-12-21/h4-15,33H,3,16H2,1-2H3,(H,29,34). The predicted molar refractivity (Wildman–Crippen MR) is 142 cm³/mol. The van der Waals surface area contributed by atoms with Crippen molar-refractivity contribution in [3.05, 3.63) is 82.9 Å². The van der Waals surface area contributed by atoms with Gasteiger partial charge in [-0.05, 0) is 61.9 Å². The number of aryl methyl sites for hydroxylation is 1. The second-order valence-corrected chi connectivity index (χ2v) is 9.10. The fourth-order valence-corrected chi connectivity index (χ4v) is 4.17. The number of thioether (sulfide) groups is 1. The lowest BCUT2D eigenvalue weighted by Crippen LogP contribution is -2.20. The van der Waals surface area contributed by atoms with Crippen molar-refractivity contribution in [2.24, 2.45) is 5.10 Å². The number of phenols is 1. The Morgan fingerprint density at radius 1 is 1.14 bits per heavy atom. The summed E-state index contributed by atoms with van der Waals surface area (Å²) in [6, 6.07) is 20.2. The third-order valence-corrected chi connectivity index (χ3v) is 6.23. The largest absolute Gasteiger partial charge is 0.504 e. The lowest BCUT2D eigenvalue weighted by atomic mass is 10.1. The molecule has 10 heteroatoms. The molecule has 0 unspecified atom stereocenters. The van der Waals surface area contributed by atoms with Gasteiger partial charge in [-0.25, -0.2) is 5.43 Å². The molecule has 184 valence electrons. The number of amides is 1. The van der Waals surface area contributed by atoms with Crippen LogP contribution in [0.1, 0.15) is 18.1 Å². The van der Waals surface area contributed by atoms with Crippen LogP contribution in [0.5, 0.6) is 11.5 Å². The summed E-state index contributed by atoms with van der Waals surface area (Å²) in [5.74, 6) is 0.841. The molecule has 0 spiro atoms. The first-order valence-corrected chi connectivity index (χ1v) is 12.5. The molecule has 0 saturated heterocycles. The van der Waals surface area contributed by atoms with Crippen molar-refractivity contribution in [2.45, 2.75) is 19.0 Å². The van der Waals surface area contributed by atoms with Gasteiger partial charge < -0.3 is 9.84 Å². The summed E-state index contributed by atoms with van der Waals surface area (Å²) in [6.45, 7) is 4.28. The zero-order valence-corrected chi connectivity index (χ0v) is 21.3. The molecule has 3 aromatic carbocycles. The van der Waals surface area contributed by atoms with Crippen LogP contribution in [0.4, 0.5) is 0 Å². The average Bonchev–Trinajstić information content (AvgIpc) is 3.29. The number of hydrogen-bond donors (Lipinski definition) is 2. The van der Waals surface area contributed by atoms with Gasteiger partial charge in [0.25, 0.3) is 5.91 Å². The van der Waals surface area contributed by atoms with Gasteiger partial charge in [0.1, 0.15) is 0 Å². The van der Waals surface area contributed by atoms with E-state index >= 15 is 0 Å². The maximum atomic E-state index is 12.5. The first-order chi connectivity index (χ1) is 17.4. The topological polar surface area (TPSA) is 102 Å². The van der Waals surface area contributed by atoms with Crippen molar-refractivity contribution in [3.8, 4) is 28.6 Å². The predicted octanol–water partition coefficient (Wildman–Crippen LogP) is 5.24. The van der Waals surface area contributed by atoms with Crippen LogP contribution in [-0.2, 0) is 4.79 Å². The van der Waals surface area contributed by atoms with E-state index in [1.165, 1.54) is 24.0 Å². The highest BCUT2D eigenvalue weighted by atomic mass is 35.5. The van der Waals surface area contributed by atoms with Crippen LogP contribution in [0, 0.1) is 6.92 Å². The zero-order chi connectivity index (χ0) is 25.5. The Morgan fingerprint density at radius 3 is 2.61 bits per heavy atom. The number of halogens is 1. The van der Waals surface area contributed by atoms with E-state index in [1.54, 1.807) is 24.3 Å². The van der Waals surface area contributed by atoms with E-state index in [-0.39, 0.29) is 17.4 Å². The molecule has 4 rings (SSSR count). The van der Waals surface area contributed by atoms with E-state index in [1.807, 2.05) is 54.8 Å². The van der Waals surface area contributed by atoms with Crippen molar-refractivity contribution in [2.75, 3.05) is 12.4 Å². The Labute approximate surface area is 218 Å². The number of hydrogen-bond acceptors (Lipinski definition) is 7. The van der Waals surface area contributed by atoms with Crippen molar-refractivity contribution in [1.29, 1.82) is 0 Å². The van der Waals surface area contributed by atoms with Crippen molar-refractivity contribution < 1.29 is 14.6 Å². The van der Waals surface area contributed by atoms with Crippen LogP contribution >= 0.6 is 23.4 Å². The second-order valence-electron chi connectivity index (χ2n) is 7.73. The fraction of sp³-hybridized carbons (Fsp3) is 0.154. The number of rotatable bonds is 9. The SMILES string of the molecule is CCOc1cc(C=NNC(=O)CSc2nnc(-c3ccc(C)cc3)n2-c2ccc(Cl)cc2)ccc1O. The minimum absolute atomic E-state index is 0.0456. The average molecular weight is 522 g/mol. The Bertz CT molecular complexity index is 1370.